The number of nitrogens with one attached hydrogen (secondary N) is 2. The Labute approximate surface area is 168 Å². The van der Waals surface area contributed by atoms with E-state index < -0.39 is 0 Å². The Balaban J connectivity index is 1.70. The van der Waals surface area contributed by atoms with Crippen molar-refractivity contribution in [3.05, 3.63) is 77.6 Å². The number of fused-ring (bicyclic) bond motifs is 1. The van der Waals surface area contributed by atoms with E-state index in [0.29, 0.717) is 30.1 Å². The van der Waals surface area contributed by atoms with E-state index in [4.69, 9.17) is 11.6 Å². The molecule has 0 aliphatic rings. The Morgan fingerprint density at radius 3 is 2.61 bits per heavy atom. The number of hydrogen-bond acceptors (Lipinski definition) is 3. The molecule has 7 heteroatoms. The summed E-state index contributed by atoms with van der Waals surface area (Å²) < 4.78 is 1.88. The van der Waals surface area contributed by atoms with E-state index in [1.54, 1.807) is 30.3 Å². The largest absolute Gasteiger partial charge is 0.352 e. The zero-order chi connectivity index (χ0) is 19.9. The molecule has 0 saturated carbocycles. The second-order valence-corrected chi connectivity index (χ2v) is 6.64. The van der Waals surface area contributed by atoms with Gasteiger partial charge in [-0.25, -0.2) is 4.98 Å². The van der Waals surface area contributed by atoms with Crippen LogP contribution in [0.5, 0.6) is 0 Å². The van der Waals surface area contributed by atoms with Crippen molar-refractivity contribution in [2.24, 2.45) is 0 Å². The molecule has 0 unspecified atom stereocenters. The number of amides is 2. The van der Waals surface area contributed by atoms with Crippen LogP contribution in [0, 0.1) is 0 Å². The summed E-state index contributed by atoms with van der Waals surface area (Å²) in [5, 5.41) is 6.24. The van der Waals surface area contributed by atoms with Crippen LogP contribution in [0.15, 0.2) is 61.2 Å². The fourth-order valence-corrected chi connectivity index (χ4v) is 3.00. The Morgan fingerprint density at radius 1 is 1.11 bits per heavy atom. The van der Waals surface area contributed by atoms with Gasteiger partial charge in [-0.2, -0.15) is 0 Å². The van der Waals surface area contributed by atoms with E-state index in [9.17, 15) is 9.59 Å². The first-order valence-electron chi connectivity index (χ1n) is 8.94. The van der Waals surface area contributed by atoms with Crippen LogP contribution in [-0.2, 0) is 17.8 Å². The molecule has 2 N–H and O–H groups in total. The first kappa shape index (κ1) is 19.6. The average Bonchev–Trinajstić information content (AvgIpc) is 3.04. The summed E-state index contributed by atoms with van der Waals surface area (Å²) in [5.41, 5.74) is 2.25. The van der Waals surface area contributed by atoms with Gasteiger partial charge in [0.25, 0.3) is 5.91 Å². The maximum atomic E-state index is 12.2. The number of benzene rings is 2. The highest BCUT2D eigenvalue weighted by Gasteiger charge is 2.14. The third-order valence-electron chi connectivity index (χ3n) is 4.22. The van der Waals surface area contributed by atoms with Crippen molar-refractivity contribution in [2.75, 3.05) is 13.1 Å². The van der Waals surface area contributed by atoms with Gasteiger partial charge in [0.05, 0.1) is 11.0 Å². The quantitative estimate of drug-likeness (QED) is 0.575. The van der Waals surface area contributed by atoms with E-state index in [2.05, 4.69) is 22.2 Å². The molecule has 3 rings (SSSR count). The maximum Gasteiger partial charge on any atom is 0.251 e. The van der Waals surface area contributed by atoms with Crippen molar-refractivity contribution < 1.29 is 9.59 Å². The Hall–Kier alpha value is -3.12. The van der Waals surface area contributed by atoms with Gasteiger partial charge in [0.2, 0.25) is 5.91 Å². The van der Waals surface area contributed by atoms with Crippen molar-refractivity contribution in [3.63, 3.8) is 0 Å². The van der Waals surface area contributed by atoms with Crippen LogP contribution in [0.2, 0.25) is 5.02 Å². The number of rotatable bonds is 8. The maximum absolute atomic E-state index is 12.2. The summed E-state index contributed by atoms with van der Waals surface area (Å²) in [5.74, 6) is 0.448. The lowest BCUT2D eigenvalue weighted by molar-refractivity contribution is -0.121. The van der Waals surface area contributed by atoms with Crippen LogP contribution in [0.4, 0.5) is 0 Å². The number of imidazole rings is 1. The van der Waals surface area contributed by atoms with Gasteiger partial charge in [0, 0.05) is 30.1 Å². The number of halogens is 1. The molecule has 0 spiro atoms. The van der Waals surface area contributed by atoms with Gasteiger partial charge >= 0.3 is 0 Å². The van der Waals surface area contributed by atoms with Crippen LogP contribution in [-0.4, -0.2) is 34.5 Å². The summed E-state index contributed by atoms with van der Waals surface area (Å²) in [6.07, 6.45) is 2.14. The molecular weight excluding hydrogens is 376 g/mol. The minimum absolute atomic E-state index is 0.116. The standard InChI is InChI=1S/C21H21ClN4O2/c1-2-12-23-20(27)14-26-18-6-4-3-5-17(18)25-19(26)11-13-24-21(28)15-7-9-16(22)10-8-15/h2-10H,1,11-14H2,(H,23,27)(H,24,28). The smallest absolute Gasteiger partial charge is 0.251 e. The Morgan fingerprint density at radius 2 is 1.86 bits per heavy atom. The van der Waals surface area contributed by atoms with Crippen molar-refractivity contribution in [1.82, 2.24) is 20.2 Å². The molecule has 0 saturated heterocycles. The molecule has 0 aliphatic heterocycles. The summed E-state index contributed by atoms with van der Waals surface area (Å²) >= 11 is 5.85. The van der Waals surface area contributed by atoms with Gasteiger partial charge in [-0.15, -0.1) is 6.58 Å². The number of carbonyl (C=O) groups excluding carboxylic acids is 2. The van der Waals surface area contributed by atoms with Gasteiger partial charge in [0.15, 0.2) is 0 Å². The minimum atomic E-state index is -0.178. The molecule has 0 aliphatic carbocycles. The molecule has 0 fully saturated rings. The molecule has 2 amide bonds. The van der Waals surface area contributed by atoms with Crippen molar-refractivity contribution in [1.29, 1.82) is 0 Å². The summed E-state index contributed by atoms with van der Waals surface area (Å²) in [7, 11) is 0. The molecule has 0 atom stereocenters. The third kappa shape index (κ3) is 4.78. The monoisotopic (exact) mass is 396 g/mol. The van der Waals surface area contributed by atoms with E-state index in [0.717, 1.165) is 16.9 Å². The Bertz CT molecular complexity index is 995. The lowest BCUT2D eigenvalue weighted by Gasteiger charge is -2.10. The fraction of sp³-hybridized carbons (Fsp3) is 0.190. The topological polar surface area (TPSA) is 76.0 Å². The normalized spacial score (nSPS) is 10.6. The first-order valence-corrected chi connectivity index (χ1v) is 9.32. The van der Waals surface area contributed by atoms with Crippen molar-refractivity contribution in [2.45, 2.75) is 13.0 Å². The first-order chi connectivity index (χ1) is 13.6. The second kappa shape index (κ2) is 9.19. The minimum Gasteiger partial charge on any atom is -0.352 e. The zero-order valence-corrected chi connectivity index (χ0v) is 16.1. The van der Waals surface area contributed by atoms with Crippen LogP contribution in [0.1, 0.15) is 16.2 Å². The van der Waals surface area contributed by atoms with Gasteiger partial charge in [0.1, 0.15) is 12.4 Å². The lowest BCUT2D eigenvalue weighted by atomic mass is 10.2. The highest BCUT2D eigenvalue weighted by atomic mass is 35.5. The second-order valence-electron chi connectivity index (χ2n) is 6.21. The summed E-state index contributed by atoms with van der Waals surface area (Å²) in [6.45, 7) is 4.58. The predicted molar refractivity (Wildman–Crippen MR) is 110 cm³/mol. The average molecular weight is 397 g/mol. The third-order valence-corrected chi connectivity index (χ3v) is 4.47. The number of nitrogens with zero attached hydrogens (tertiary/aromatic N) is 2. The predicted octanol–water partition coefficient (Wildman–Crippen LogP) is 2.96. The number of aromatic nitrogens is 2. The molecule has 6 nitrogen and oxygen atoms in total. The molecule has 1 aromatic heterocycles. The highest BCUT2D eigenvalue weighted by Crippen LogP contribution is 2.16. The van der Waals surface area contributed by atoms with E-state index in [1.165, 1.54) is 0 Å². The number of carbonyl (C=O) groups is 2. The van der Waals surface area contributed by atoms with Crippen LogP contribution >= 0.6 is 11.6 Å². The van der Waals surface area contributed by atoms with E-state index in [1.807, 2.05) is 28.8 Å². The van der Waals surface area contributed by atoms with E-state index >= 15 is 0 Å². The van der Waals surface area contributed by atoms with Gasteiger partial charge in [-0.1, -0.05) is 29.8 Å². The summed E-state index contributed by atoms with van der Waals surface area (Å²) in [4.78, 5) is 29.0. The lowest BCUT2D eigenvalue weighted by Crippen LogP contribution is -2.29. The number of para-hydroxylation sites is 2. The molecule has 144 valence electrons. The zero-order valence-electron chi connectivity index (χ0n) is 15.3. The van der Waals surface area contributed by atoms with Gasteiger partial charge in [-0.05, 0) is 36.4 Å². The summed E-state index contributed by atoms with van der Waals surface area (Å²) in [6, 6.07) is 14.4. The molecule has 2 aromatic carbocycles. The number of hydrogen-bond donors (Lipinski definition) is 2. The van der Waals surface area contributed by atoms with E-state index in [-0.39, 0.29) is 18.4 Å². The SMILES string of the molecule is C=CCNC(=O)Cn1c(CCNC(=O)c2ccc(Cl)cc2)nc2ccccc21. The van der Waals surface area contributed by atoms with Crippen molar-refractivity contribution in [3.8, 4) is 0 Å². The molecule has 0 radical (unpaired) electrons. The van der Waals surface area contributed by atoms with Crippen molar-refractivity contribution >= 4 is 34.4 Å². The van der Waals surface area contributed by atoms with Crippen LogP contribution in [0.25, 0.3) is 11.0 Å². The molecule has 3 aromatic rings. The molecule has 28 heavy (non-hydrogen) atoms. The fourth-order valence-electron chi connectivity index (χ4n) is 2.87. The van der Waals surface area contributed by atoms with Gasteiger partial charge < -0.3 is 15.2 Å². The molecular formula is C21H21ClN4O2. The van der Waals surface area contributed by atoms with Crippen LogP contribution in [0.3, 0.4) is 0 Å². The van der Waals surface area contributed by atoms with Gasteiger partial charge in [-0.3, -0.25) is 9.59 Å². The molecule has 0 bridgehead atoms. The molecule has 1 heterocycles. The Kier molecular flexibility index (Phi) is 6.45. The van der Waals surface area contributed by atoms with Crippen LogP contribution < -0.4 is 10.6 Å². The highest BCUT2D eigenvalue weighted by molar-refractivity contribution is 6.30.